The number of nitrogens with zero attached hydrogens (tertiary/aromatic N) is 2. The van der Waals surface area contributed by atoms with E-state index >= 15 is 0 Å². The highest BCUT2D eigenvalue weighted by atomic mass is 32.2. The van der Waals surface area contributed by atoms with Crippen molar-refractivity contribution in [1.29, 1.82) is 5.26 Å². The third-order valence-electron chi connectivity index (χ3n) is 3.93. The number of thioether (sulfide) groups is 1. The second-order valence-corrected chi connectivity index (χ2v) is 8.06. The van der Waals surface area contributed by atoms with Gasteiger partial charge in [-0.05, 0) is 55.2 Å². The largest absolute Gasteiger partial charge is 0.441 e. The lowest BCUT2D eigenvalue weighted by atomic mass is 9.96. The summed E-state index contributed by atoms with van der Waals surface area (Å²) in [6.07, 6.45) is 4.07. The van der Waals surface area contributed by atoms with Gasteiger partial charge < -0.3 is 5.32 Å². The number of aryl methyl sites for hydroxylation is 2. The van der Waals surface area contributed by atoms with Gasteiger partial charge in [-0.25, -0.2) is 4.79 Å². The van der Waals surface area contributed by atoms with Gasteiger partial charge in [0.25, 0.3) is 0 Å². The molecular weight excluding hydrogens is 348 g/mol. The van der Waals surface area contributed by atoms with E-state index < -0.39 is 10.9 Å². The quantitative estimate of drug-likeness (QED) is 0.634. The number of amides is 1. The van der Waals surface area contributed by atoms with Crippen molar-refractivity contribution in [3.05, 3.63) is 26.4 Å². The molecular formula is C15H17N4O3S2+. The fourth-order valence-electron chi connectivity index (χ4n) is 2.67. The molecule has 2 aromatic heterocycles. The summed E-state index contributed by atoms with van der Waals surface area (Å²) in [4.78, 5) is 25.2. The maximum atomic E-state index is 12.5. The van der Waals surface area contributed by atoms with Crippen LogP contribution in [0.15, 0.2) is 14.3 Å². The van der Waals surface area contributed by atoms with Gasteiger partial charge >= 0.3 is 10.7 Å². The van der Waals surface area contributed by atoms with Gasteiger partial charge in [0, 0.05) is 4.88 Å². The van der Waals surface area contributed by atoms with E-state index in [0.29, 0.717) is 15.6 Å². The molecule has 2 N–H and O–H groups in total. The Labute approximate surface area is 146 Å². The van der Waals surface area contributed by atoms with Crippen LogP contribution in [0.25, 0.3) is 0 Å². The van der Waals surface area contributed by atoms with E-state index in [0.717, 1.165) is 43.0 Å². The predicted octanol–water partition coefficient (Wildman–Crippen LogP) is 1.72. The Balaban J connectivity index is 1.76. The summed E-state index contributed by atoms with van der Waals surface area (Å²) in [5.74, 6) is -0.240. The zero-order valence-corrected chi connectivity index (χ0v) is 15.0. The number of nitrogens with one attached hydrogen (secondary N) is 2. The topological polar surface area (TPSA) is 103 Å². The van der Waals surface area contributed by atoms with Crippen molar-refractivity contribution in [2.45, 2.75) is 42.9 Å². The average molecular weight is 365 g/mol. The van der Waals surface area contributed by atoms with Crippen LogP contribution in [-0.2, 0) is 24.7 Å². The molecule has 1 aliphatic carbocycles. The van der Waals surface area contributed by atoms with Crippen LogP contribution in [0, 0.1) is 11.3 Å². The lowest BCUT2D eigenvalue weighted by Crippen LogP contribution is -2.35. The summed E-state index contributed by atoms with van der Waals surface area (Å²) < 4.78 is 6.11. The number of thiophene rings is 1. The van der Waals surface area contributed by atoms with E-state index in [1.54, 1.807) is 14.0 Å². The summed E-state index contributed by atoms with van der Waals surface area (Å²) >= 11 is 2.61. The second-order valence-electron chi connectivity index (χ2n) is 5.62. The number of rotatable bonds is 4. The van der Waals surface area contributed by atoms with Crippen molar-refractivity contribution < 1.29 is 14.0 Å². The Morgan fingerprint density at radius 3 is 2.92 bits per heavy atom. The molecule has 126 valence electrons. The lowest BCUT2D eigenvalue weighted by molar-refractivity contribution is -0.772. The molecule has 9 heteroatoms. The Kier molecular flexibility index (Phi) is 4.78. The first-order valence-corrected chi connectivity index (χ1v) is 9.30. The van der Waals surface area contributed by atoms with E-state index in [1.165, 1.54) is 20.9 Å². The molecule has 24 heavy (non-hydrogen) atoms. The number of carbonyl (C=O) groups is 1. The number of aromatic nitrogens is 2. The second kappa shape index (κ2) is 6.83. The molecule has 0 radical (unpaired) electrons. The van der Waals surface area contributed by atoms with Crippen LogP contribution < -0.4 is 15.6 Å². The van der Waals surface area contributed by atoms with Crippen LogP contribution in [0.5, 0.6) is 0 Å². The van der Waals surface area contributed by atoms with Crippen LogP contribution in [0.3, 0.4) is 0 Å². The van der Waals surface area contributed by atoms with E-state index in [1.807, 2.05) is 0 Å². The van der Waals surface area contributed by atoms with Crippen LogP contribution >= 0.6 is 23.1 Å². The first-order chi connectivity index (χ1) is 11.5. The van der Waals surface area contributed by atoms with Crippen molar-refractivity contribution in [2.75, 3.05) is 5.32 Å². The first kappa shape index (κ1) is 16.8. The molecule has 0 saturated carbocycles. The number of aromatic amines is 1. The number of hydrogen-bond donors (Lipinski definition) is 2. The minimum absolute atomic E-state index is 0.240. The summed E-state index contributed by atoms with van der Waals surface area (Å²) in [6.45, 7) is 1.71. The van der Waals surface area contributed by atoms with Crippen LogP contribution in [-0.4, -0.2) is 16.4 Å². The molecule has 2 heterocycles. The summed E-state index contributed by atoms with van der Waals surface area (Å²) in [5, 5.41) is 15.1. The minimum Gasteiger partial charge on any atom is -0.316 e. The van der Waals surface area contributed by atoms with Gasteiger partial charge in [-0.1, -0.05) is 4.68 Å². The molecule has 3 rings (SSSR count). The lowest BCUT2D eigenvalue weighted by Gasteiger charge is -2.09. The van der Waals surface area contributed by atoms with Crippen molar-refractivity contribution in [2.24, 2.45) is 7.05 Å². The molecule has 0 aliphatic heterocycles. The Morgan fingerprint density at radius 2 is 2.25 bits per heavy atom. The van der Waals surface area contributed by atoms with E-state index in [9.17, 15) is 14.9 Å². The maximum absolute atomic E-state index is 12.5. The minimum atomic E-state index is -0.508. The number of carbonyl (C=O) groups excluding carboxylic acids is 1. The first-order valence-electron chi connectivity index (χ1n) is 7.61. The highest BCUT2D eigenvalue weighted by molar-refractivity contribution is 8.00. The van der Waals surface area contributed by atoms with Gasteiger partial charge in [-0.2, -0.15) is 5.26 Å². The normalized spacial score (nSPS) is 14.7. The SMILES string of the molecule is CC(Sc1c(=O)o[nH][n+]1C)C(=O)Nc1sc2c(c1C#N)CCCC2. The third kappa shape index (κ3) is 3.12. The molecule has 0 saturated heterocycles. The fourth-order valence-corrected chi connectivity index (χ4v) is 4.74. The molecule has 1 unspecified atom stereocenters. The van der Waals surface area contributed by atoms with E-state index in [2.05, 4.69) is 21.2 Å². The Bertz CT molecular complexity index is 874. The summed E-state index contributed by atoms with van der Waals surface area (Å²) in [6, 6.07) is 2.23. The average Bonchev–Trinajstić information content (AvgIpc) is 3.08. The molecule has 1 aliphatic rings. The fraction of sp³-hybridized carbons (Fsp3) is 0.467. The maximum Gasteiger partial charge on any atom is 0.441 e. The number of anilines is 1. The van der Waals surface area contributed by atoms with Crippen molar-refractivity contribution >= 4 is 34.0 Å². The number of fused-ring (bicyclic) bond motifs is 1. The molecule has 0 fully saturated rings. The third-order valence-corrected chi connectivity index (χ3v) is 6.37. The standard InChI is InChI=1S/C15H16N4O3S2/c1-8(23-14-15(21)22-18-19(14)2)12(20)17-13-10(7-16)9-5-3-4-6-11(9)24-13/h8H,3-6H2,1-2H3,(H-,17,18,20,21)/p+1. The van der Waals surface area contributed by atoms with Crippen molar-refractivity contribution in [1.82, 2.24) is 5.27 Å². The zero-order chi connectivity index (χ0) is 17.3. The molecule has 0 bridgehead atoms. The van der Waals surface area contributed by atoms with Crippen molar-refractivity contribution in [3.63, 3.8) is 0 Å². The Morgan fingerprint density at radius 1 is 1.50 bits per heavy atom. The number of H-pyrrole nitrogens is 1. The molecule has 0 spiro atoms. The van der Waals surface area contributed by atoms with E-state index in [-0.39, 0.29) is 5.91 Å². The van der Waals surface area contributed by atoms with Gasteiger partial charge in [-0.3, -0.25) is 9.32 Å². The monoisotopic (exact) mass is 365 g/mol. The molecule has 0 aromatic carbocycles. The summed E-state index contributed by atoms with van der Waals surface area (Å²) in [7, 11) is 1.64. The molecule has 1 atom stereocenters. The van der Waals surface area contributed by atoms with Crippen LogP contribution in [0.4, 0.5) is 5.00 Å². The van der Waals surface area contributed by atoms with Gasteiger partial charge in [0.05, 0.1) is 10.8 Å². The highest BCUT2D eigenvalue weighted by Crippen LogP contribution is 2.37. The molecule has 7 nitrogen and oxygen atoms in total. The molecule has 2 aromatic rings. The molecule has 1 amide bonds. The van der Waals surface area contributed by atoms with Gasteiger partial charge in [0.2, 0.25) is 5.91 Å². The van der Waals surface area contributed by atoms with Gasteiger partial charge in [0.1, 0.15) is 11.1 Å². The summed E-state index contributed by atoms with van der Waals surface area (Å²) in [5.41, 5.74) is 1.17. The number of hydrogen-bond acceptors (Lipinski definition) is 6. The van der Waals surface area contributed by atoms with Gasteiger partial charge in [-0.15, -0.1) is 11.3 Å². The zero-order valence-electron chi connectivity index (χ0n) is 13.3. The van der Waals surface area contributed by atoms with E-state index in [4.69, 9.17) is 0 Å². The van der Waals surface area contributed by atoms with Crippen LogP contribution in [0.1, 0.15) is 35.8 Å². The highest BCUT2D eigenvalue weighted by Gasteiger charge is 2.27. The Hall–Kier alpha value is -2.05. The van der Waals surface area contributed by atoms with Crippen LogP contribution in [0.2, 0.25) is 0 Å². The predicted molar refractivity (Wildman–Crippen MR) is 90.1 cm³/mol. The van der Waals surface area contributed by atoms with Gasteiger partial charge in [0.15, 0.2) is 7.05 Å². The van der Waals surface area contributed by atoms with Crippen molar-refractivity contribution in [3.8, 4) is 6.07 Å². The smallest absolute Gasteiger partial charge is 0.316 e. The number of nitriles is 1.